The number of rotatable bonds is 9. The Hall–Kier alpha value is -1.89. The van der Waals surface area contributed by atoms with Crippen molar-refractivity contribution in [1.82, 2.24) is 5.32 Å². The van der Waals surface area contributed by atoms with E-state index in [2.05, 4.69) is 5.32 Å². The molecule has 1 aliphatic carbocycles. The first-order chi connectivity index (χ1) is 13.9. The quantitative estimate of drug-likeness (QED) is 0.478. The molecule has 7 heteroatoms. The number of benzene rings is 1. The Bertz CT molecular complexity index is 686. The maximum Gasteiger partial charge on any atom is 0.316 e. The van der Waals surface area contributed by atoms with E-state index in [-0.39, 0.29) is 23.7 Å². The minimum atomic E-state index is -0.769. The molecule has 0 unspecified atom stereocenters. The monoisotopic (exact) mass is 423 g/mol. The molecule has 29 heavy (non-hydrogen) atoms. The molecule has 162 valence electrons. The van der Waals surface area contributed by atoms with Gasteiger partial charge < -0.3 is 19.5 Å². The van der Waals surface area contributed by atoms with Gasteiger partial charge in [0.25, 0.3) is 5.91 Å². The summed E-state index contributed by atoms with van der Waals surface area (Å²) in [5.41, 5.74) is 2.14. The van der Waals surface area contributed by atoms with Crippen LogP contribution in [0.2, 0.25) is 0 Å². The third-order valence-electron chi connectivity index (χ3n) is 5.20. The van der Waals surface area contributed by atoms with Gasteiger partial charge in [-0.25, -0.2) is 0 Å². The van der Waals surface area contributed by atoms with Gasteiger partial charge in [0.1, 0.15) is 0 Å². The maximum absolute atomic E-state index is 12.3. The topological polar surface area (TPSA) is 73.9 Å². The van der Waals surface area contributed by atoms with Crippen molar-refractivity contribution in [2.75, 3.05) is 20.0 Å². The third-order valence-corrected chi connectivity index (χ3v) is 6.15. The Kier molecular flexibility index (Phi) is 9.64. The van der Waals surface area contributed by atoms with Gasteiger partial charge in [-0.2, -0.15) is 0 Å². The van der Waals surface area contributed by atoms with Crippen molar-refractivity contribution >= 4 is 23.6 Å². The number of methoxy groups -OCH3 is 2. The molecule has 1 saturated carbocycles. The summed E-state index contributed by atoms with van der Waals surface area (Å²) in [4.78, 5) is 24.4. The van der Waals surface area contributed by atoms with E-state index in [0.29, 0.717) is 17.3 Å². The standard InChI is InChI=1S/C22H33NO5S/c1-15-11-19(26-3)20(27-4)12-17(15)13-29-14-21(24)28-16(2)22(25)23-18-9-7-5-6-8-10-18/h11-12,16,18H,5-10,13-14H2,1-4H3,(H,23,25)/t16-/m0/s1. The molecular weight excluding hydrogens is 390 g/mol. The van der Waals surface area contributed by atoms with Crippen LogP contribution >= 0.6 is 11.8 Å². The molecule has 1 amide bonds. The largest absolute Gasteiger partial charge is 0.493 e. The Morgan fingerprint density at radius 3 is 2.34 bits per heavy atom. The van der Waals surface area contributed by atoms with Crippen LogP contribution < -0.4 is 14.8 Å². The van der Waals surface area contributed by atoms with Crippen LogP contribution in [0.3, 0.4) is 0 Å². The molecule has 1 N–H and O–H groups in total. The molecule has 2 rings (SSSR count). The summed E-state index contributed by atoms with van der Waals surface area (Å²) < 4.78 is 16.0. The molecule has 6 nitrogen and oxygen atoms in total. The molecule has 0 heterocycles. The van der Waals surface area contributed by atoms with Crippen molar-refractivity contribution in [3.05, 3.63) is 23.3 Å². The highest BCUT2D eigenvalue weighted by Gasteiger charge is 2.21. The molecule has 1 aromatic carbocycles. The van der Waals surface area contributed by atoms with Crippen LogP contribution in [0.4, 0.5) is 0 Å². The average molecular weight is 424 g/mol. The lowest BCUT2D eigenvalue weighted by atomic mass is 10.1. The van der Waals surface area contributed by atoms with Crippen LogP contribution in [0.15, 0.2) is 12.1 Å². The SMILES string of the molecule is COc1cc(C)c(CSCC(=O)O[C@@H](C)C(=O)NC2CCCCCC2)cc1OC. The first kappa shape index (κ1) is 23.4. The summed E-state index contributed by atoms with van der Waals surface area (Å²) in [6.07, 6.45) is 5.99. The fourth-order valence-electron chi connectivity index (χ4n) is 3.45. The highest BCUT2D eigenvalue weighted by molar-refractivity contribution is 7.99. The van der Waals surface area contributed by atoms with E-state index in [1.54, 1.807) is 21.1 Å². The number of hydrogen-bond donors (Lipinski definition) is 1. The molecule has 1 aliphatic rings. The lowest BCUT2D eigenvalue weighted by molar-refractivity contribution is -0.152. The molecule has 1 fully saturated rings. The van der Waals surface area contributed by atoms with Crippen molar-refractivity contribution in [1.29, 1.82) is 0 Å². The van der Waals surface area contributed by atoms with Crippen molar-refractivity contribution in [3.63, 3.8) is 0 Å². The van der Waals surface area contributed by atoms with Gasteiger partial charge in [0.2, 0.25) is 0 Å². The lowest BCUT2D eigenvalue weighted by Gasteiger charge is -2.19. The summed E-state index contributed by atoms with van der Waals surface area (Å²) in [5, 5.41) is 3.03. The molecule has 0 radical (unpaired) electrons. The smallest absolute Gasteiger partial charge is 0.316 e. The zero-order valence-corrected chi connectivity index (χ0v) is 18.7. The van der Waals surface area contributed by atoms with Gasteiger partial charge >= 0.3 is 5.97 Å². The molecule has 0 saturated heterocycles. The lowest BCUT2D eigenvalue weighted by Crippen LogP contribution is -2.42. The van der Waals surface area contributed by atoms with E-state index in [0.717, 1.165) is 36.8 Å². The van der Waals surface area contributed by atoms with Crippen LogP contribution in [0.25, 0.3) is 0 Å². The van der Waals surface area contributed by atoms with Gasteiger partial charge in [0, 0.05) is 11.8 Å². The van der Waals surface area contributed by atoms with Gasteiger partial charge in [-0.05, 0) is 49.9 Å². The van der Waals surface area contributed by atoms with E-state index in [4.69, 9.17) is 14.2 Å². The van der Waals surface area contributed by atoms with E-state index in [1.807, 2.05) is 19.1 Å². The van der Waals surface area contributed by atoms with Crippen molar-refractivity contribution in [2.45, 2.75) is 70.3 Å². The van der Waals surface area contributed by atoms with Crippen LogP contribution in [-0.4, -0.2) is 44.0 Å². The summed E-state index contributed by atoms with van der Waals surface area (Å²) in [5.74, 6) is 1.60. The number of hydrogen-bond acceptors (Lipinski definition) is 6. The molecule has 0 spiro atoms. The number of carbonyl (C=O) groups is 2. The van der Waals surface area contributed by atoms with Crippen LogP contribution in [0.1, 0.15) is 56.6 Å². The van der Waals surface area contributed by atoms with E-state index in [9.17, 15) is 9.59 Å². The second-order valence-electron chi connectivity index (χ2n) is 7.46. The predicted molar refractivity (Wildman–Crippen MR) is 116 cm³/mol. The minimum Gasteiger partial charge on any atom is -0.493 e. The maximum atomic E-state index is 12.3. The second kappa shape index (κ2) is 12.0. The first-order valence-corrected chi connectivity index (χ1v) is 11.4. The van der Waals surface area contributed by atoms with Crippen LogP contribution in [-0.2, 0) is 20.1 Å². The summed E-state index contributed by atoms with van der Waals surface area (Å²) >= 11 is 1.45. The number of aryl methyl sites for hydroxylation is 1. The molecule has 0 aliphatic heterocycles. The van der Waals surface area contributed by atoms with Gasteiger partial charge in [-0.15, -0.1) is 11.8 Å². The minimum absolute atomic E-state index is 0.189. The Morgan fingerprint density at radius 1 is 1.10 bits per heavy atom. The number of carbonyl (C=O) groups excluding carboxylic acids is 2. The van der Waals surface area contributed by atoms with E-state index < -0.39 is 6.10 Å². The van der Waals surface area contributed by atoms with Crippen molar-refractivity contribution in [3.8, 4) is 11.5 Å². The molecular formula is C22H33NO5S. The summed E-state index contributed by atoms with van der Waals surface area (Å²) in [7, 11) is 3.21. The van der Waals surface area contributed by atoms with Crippen LogP contribution in [0.5, 0.6) is 11.5 Å². The Balaban J connectivity index is 1.77. The van der Waals surface area contributed by atoms with Gasteiger partial charge in [0.05, 0.1) is 20.0 Å². The fourth-order valence-corrected chi connectivity index (χ4v) is 4.32. The Morgan fingerprint density at radius 2 is 1.72 bits per heavy atom. The summed E-state index contributed by atoms with van der Waals surface area (Å²) in [6.45, 7) is 3.63. The van der Waals surface area contributed by atoms with Crippen molar-refractivity contribution in [2.24, 2.45) is 0 Å². The van der Waals surface area contributed by atoms with Gasteiger partial charge in [0.15, 0.2) is 17.6 Å². The number of ether oxygens (including phenoxy) is 3. The number of nitrogens with one attached hydrogen (secondary N) is 1. The van der Waals surface area contributed by atoms with E-state index in [1.165, 1.54) is 24.6 Å². The molecule has 0 aromatic heterocycles. The van der Waals surface area contributed by atoms with E-state index >= 15 is 0 Å². The number of thioether (sulfide) groups is 1. The number of esters is 1. The molecule has 0 bridgehead atoms. The predicted octanol–water partition coefficient (Wildman–Crippen LogP) is 4.02. The normalized spacial score (nSPS) is 15.9. The van der Waals surface area contributed by atoms with Gasteiger partial charge in [-0.3, -0.25) is 9.59 Å². The second-order valence-corrected chi connectivity index (χ2v) is 8.44. The highest BCUT2D eigenvalue weighted by Crippen LogP contribution is 2.31. The zero-order valence-electron chi connectivity index (χ0n) is 17.9. The number of amides is 1. The third kappa shape index (κ3) is 7.46. The summed E-state index contributed by atoms with van der Waals surface area (Å²) in [6, 6.07) is 4.05. The average Bonchev–Trinajstić information content (AvgIpc) is 2.97. The zero-order chi connectivity index (χ0) is 21.2. The van der Waals surface area contributed by atoms with Gasteiger partial charge in [-0.1, -0.05) is 25.7 Å². The fraction of sp³-hybridized carbons (Fsp3) is 0.636. The van der Waals surface area contributed by atoms with Crippen molar-refractivity contribution < 1.29 is 23.8 Å². The van der Waals surface area contributed by atoms with Crippen LogP contribution in [0, 0.1) is 6.92 Å². The first-order valence-electron chi connectivity index (χ1n) is 10.2. The molecule has 1 aromatic rings. The Labute approximate surface area is 178 Å². The molecule has 1 atom stereocenters. The highest BCUT2D eigenvalue weighted by atomic mass is 32.2.